The third-order valence-electron chi connectivity index (χ3n) is 6.22. The van der Waals surface area contributed by atoms with Gasteiger partial charge in [0.2, 0.25) is 5.91 Å². The summed E-state index contributed by atoms with van der Waals surface area (Å²) >= 11 is 0. The van der Waals surface area contributed by atoms with Crippen LogP contribution in [0.4, 0.5) is 8.78 Å². The van der Waals surface area contributed by atoms with Gasteiger partial charge in [0.15, 0.2) is 0 Å². The van der Waals surface area contributed by atoms with Crippen LogP contribution in [0.5, 0.6) is 5.75 Å². The Balaban J connectivity index is 1.52. The van der Waals surface area contributed by atoms with Crippen LogP contribution in [-0.4, -0.2) is 66.5 Å². The number of carbonyl (C=O) groups excluding carboxylic acids is 2. The molecule has 2 fully saturated rings. The van der Waals surface area contributed by atoms with E-state index in [4.69, 9.17) is 0 Å². The molecule has 6 nitrogen and oxygen atoms in total. The molecule has 166 valence electrons. The zero-order valence-electron chi connectivity index (χ0n) is 17.7. The molecular weight excluding hydrogens is 392 g/mol. The van der Waals surface area contributed by atoms with Gasteiger partial charge >= 0.3 is 6.61 Å². The molecule has 3 rings (SSSR count). The van der Waals surface area contributed by atoms with E-state index < -0.39 is 6.61 Å². The molecule has 0 spiro atoms. The molecule has 1 aliphatic heterocycles. The molecule has 1 saturated carbocycles. The van der Waals surface area contributed by atoms with Gasteiger partial charge in [-0.15, -0.1) is 0 Å². The predicted molar refractivity (Wildman–Crippen MR) is 110 cm³/mol. The van der Waals surface area contributed by atoms with Crippen LogP contribution >= 0.6 is 0 Å². The molecule has 2 amide bonds. The summed E-state index contributed by atoms with van der Waals surface area (Å²) in [4.78, 5) is 29.1. The SMILES string of the molecule is CC1CCC(NC(=O)C(C)N2CCN(C(=O)c3ccccc3OC(F)F)CC2)CC1. The van der Waals surface area contributed by atoms with Gasteiger partial charge in [-0.2, -0.15) is 8.78 Å². The van der Waals surface area contributed by atoms with E-state index in [1.807, 2.05) is 6.92 Å². The average Bonchev–Trinajstić information content (AvgIpc) is 2.74. The first-order valence-electron chi connectivity index (χ1n) is 10.7. The maximum Gasteiger partial charge on any atom is 0.387 e. The highest BCUT2D eigenvalue weighted by molar-refractivity contribution is 5.97. The van der Waals surface area contributed by atoms with E-state index in [0.29, 0.717) is 26.2 Å². The normalized spacial score (nSPS) is 23.8. The zero-order valence-corrected chi connectivity index (χ0v) is 17.7. The van der Waals surface area contributed by atoms with E-state index in [-0.39, 0.29) is 35.2 Å². The minimum Gasteiger partial charge on any atom is -0.434 e. The molecule has 30 heavy (non-hydrogen) atoms. The molecule has 1 aromatic carbocycles. The highest BCUT2D eigenvalue weighted by Gasteiger charge is 2.30. The predicted octanol–water partition coefficient (Wildman–Crippen LogP) is 3.13. The minimum atomic E-state index is -2.98. The Morgan fingerprint density at radius 1 is 1.07 bits per heavy atom. The second-order valence-electron chi connectivity index (χ2n) is 8.34. The maximum absolute atomic E-state index is 12.8. The molecule has 0 radical (unpaired) electrons. The Morgan fingerprint density at radius 3 is 2.33 bits per heavy atom. The van der Waals surface area contributed by atoms with E-state index in [2.05, 4.69) is 21.9 Å². The van der Waals surface area contributed by atoms with Gasteiger partial charge in [0.25, 0.3) is 5.91 Å². The number of carbonyl (C=O) groups is 2. The van der Waals surface area contributed by atoms with Crippen molar-refractivity contribution in [2.45, 2.75) is 58.2 Å². The van der Waals surface area contributed by atoms with Gasteiger partial charge in [0.1, 0.15) is 5.75 Å². The van der Waals surface area contributed by atoms with E-state index in [0.717, 1.165) is 31.6 Å². The number of halogens is 2. The van der Waals surface area contributed by atoms with Gasteiger partial charge in [-0.25, -0.2) is 0 Å². The summed E-state index contributed by atoms with van der Waals surface area (Å²) in [5, 5.41) is 3.17. The monoisotopic (exact) mass is 423 g/mol. The highest BCUT2D eigenvalue weighted by atomic mass is 19.3. The third kappa shape index (κ3) is 5.68. The van der Waals surface area contributed by atoms with E-state index in [9.17, 15) is 18.4 Å². The maximum atomic E-state index is 12.8. The second kappa shape index (κ2) is 10.2. The fraction of sp³-hybridized carbons (Fsp3) is 0.636. The number of amides is 2. The number of hydrogen-bond donors (Lipinski definition) is 1. The molecule has 1 unspecified atom stereocenters. The van der Waals surface area contributed by atoms with Crippen molar-refractivity contribution in [3.05, 3.63) is 29.8 Å². The molecule has 8 heteroatoms. The van der Waals surface area contributed by atoms with Crippen molar-refractivity contribution < 1.29 is 23.1 Å². The summed E-state index contributed by atoms with van der Waals surface area (Å²) in [5.74, 6) is 0.316. The number of hydrogen-bond acceptors (Lipinski definition) is 4. The van der Waals surface area contributed by atoms with Gasteiger partial charge in [-0.3, -0.25) is 14.5 Å². The average molecular weight is 424 g/mol. The molecule has 1 heterocycles. The van der Waals surface area contributed by atoms with Crippen LogP contribution < -0.4 is 10.1 Å². The Hall–Kier alpha value is -2.22. The fourth-order valence-electron chi connectivity index (χ4n) is 4.22. The molecule has 1 N–H and O–H groups in total. The highest BCUT2D eigenvalue weighted by Crippen LogP contribution is 2.24. The Kier molecular flexibility index (Phi) is 7.64. The van der Waals surface area contributed by atoms with Gasteiger partial charge in [-0.05, 0) is 50.7 Å². The largest absolute Gasteiger partial charge is 0.434 e. The van der Waals surface area contributed by atoms with Gasteiger partial charge in [0.05, 0.1) is 11.6 Å². The van der Waals surface area contributed by atoms with Crippen LogP contribution in [0.3, 0.4) is 0 Å². The van der Waals surface area contributed by atoms with E-state index in [1.165, 1.54) is 12.1 Å². The lowest BCUT2D eigenvalue weighted by Crippen LogP contribution is -2.56. The van der Waals surface area contributed by atoms with Crippen molar-refractivity contribution in [1.82, 2.24) is 15.1 Å². The standard InChI is InChI=1S/C22H31F2N3O3/c1-15-7-9-17(10-8-15)25-20(28)16(2)26-11-13-27(14-12-26)21(29)18-5-3-4-6-19(18)30-22(23)24/h3-6,15-17,22H,7-14H2,1-2H3,(H,25,28). The molecular formula is C22H31F2N3O3. The van der Waals surface area contributed by atoms with E-state index in [1.54, 1.807) is 17.0 Å². The number of para-hydroxylation sites is 1. The van der Waals surface area contributed by atoms with Crippen molar-refractivity contribution in [2.24, 2.45) is 5.92 Å². The van der Waals surface area contributed by atoms with Crippen LogP contribution in [0.1, 0.15) is 49.9 Å². The minimum absolute atomic E-state index is 0.0324. The third-order valence-corrected chi connectivity index (χ3v) is 6.22. The summed E-state index contributed by atoms with van der Waals surface area (Å²) in [5.41, 5.74) is 0.128. The van der Waals surface area contributed by atoms with Crippen LogP contribution in [-0.2, 0) is 4.79 Å². The van der Waals surface area contributed by atoms with Crippen molar-refractivity contribution in [3.8, 4) is 5.75 Å². The molecule has 1 saturated heterocycles. The first kappa shape index (κ1) is 22.5. The summed E-state index contributed by atoms with van der Waals surface area (Å²) in [6, 6.07) is 6.03. The zero-order chi connectivity index (χ0) is 21.7. The van der Waals surface area contributed by atoms with Crippen molar-refractivity contribution in [3.63, 3.8) is 0 Å². The lowest BCUT2D eigenvalue weighted by Gasteiger charge is -2.38. The van der Waals surface area contributed by atoms with Crippen LogP contribution in [0.2, 0.25) is 0 Å². The molecule has 1 aliphatic carbocycles. The van der Waals surface area contributed by atoms with Crippen LogP contribution in [0, 0.1) is 5.92 Å². The topological polar surface area (TPSA) is 61.9 Å². The van der Waals surface area contributed by atoms with Gasteiger partial charge in [-0.1, -0.05) is 19.1 Å². The van der Waals surface area contributed by atoms with Crippen molar-refractivity contribution in [2.75, 3.05) is 26.2 Å². The smallest absolute Gasteiger partial charge is 0.387 e. The summed E-state index contributed by atoms with van der Waals surface area (Å²) in [7, 11) is 0. The number of nitrogens with zero attached hydrogens (tertiary/aromatic N) is 2. The van der Waals surface area contributed by atoms with Crippen molar-refractivity contribution >= 4 is 11.8 Å². The van der Waals surface area contributed by atoms with Crippen molar-refractivity contribution in [1.29, 1.82) is 0 Å². The number of rotatable bonds is 6. The fourth-order valence-corrected chi connectivity index (χ4v) is 4.22. The summed E-state index contributed by atoms with van der Waals surface area (Å²) in [6.07, 6.45) is 4.36. The molecule has 0 aromatic heterocycles. The summed E-state index contributed by atoms with van der Waals surface area (Å²) < 4.78 is 29.7. The molecule has 1 aromatic rings. The molecule has 1 atom stereocenters. The lowest BCUT2D eigenvalue weighted by molar-refractivity contribution is -0.127. The Morgan fingerprint density at radius 2 is 1.70 bits per heavy atom. The number of benzene rings is 1. The first-order chi connectivity index (χ1) is 14.3. The quantitative estimate of drug-likeness (QED) is 0.764. The number of alkyl halides is 2. The van der Waals surface area contributed by atoms with E-state index >= 15 is 0 Å². The first-order valence-corrected chi connectivity index (χ1v) is 10.7. The second-order valence-corrected chi connectivity index (χ2v) is 8.34. The van der Waals surface area contributed by atoms with Gasteiger partial charge < -0.3 is 15.0 Å². The number of ether oxygens (including phenoxy) is 1. The Bertz CT molecular complexity index is 730. The Labute approximate surface area is 176 Å². The van der Waals surface area contributed by atoms with Crippen LogP contribution in [0.25, 0.3) is 0 Å². The van der Waals surface area contributed by atoms with Crippen LogP contribution in [0.15, 0.2) is 24.3 Å². The molecule has 0 bridgehead atoms. The summed E-state index contributed by atoms with van der Waals surface area (Å²) in [6.45, 7) is 3.13. The van der Waals surface area contributed by atoms with Gasteiger partial charge in [0, 0.05) is 32.2 Å². The number of nitrogens with one attached hydrogen (secondary N) is 1. The lowest BCUT2D eigenvalue weighted by atomic mass is 9.87. The number of piperazine rings is 1. The molecule has 2 aliphatic rings.